The summed E-state index contributed by atoms with van der Waals surface area (Å²) in [6.07, 6.45) is 0. The first-order chi connectivity index (χ1) is 16.8. The minimum atomic E-state index is -1.13. The van der Waals surface area contributed by atoms with E-state index in [0.29, 0.717) is 17.3 Å². The van der Waals surface area contributed by atoms with Gasteiger partial charge in [0.2, 0.25) is 5.91 Å². The molecule has 0 saturated heterocycles. The number of amides is 2. The van der Waals surface area contributed by atoms with Gasteiger partial charge in [-0.15, -0.1) is 11.3 Å². The molecule has 0 bridgehead atoms. The first-order valence-corrected chi connectivity index (χ1v) is 12.6. The number of nitrogens with one attached hydrogen (secondary N) is 1. The lowest BCUT2D eigenvalue weighted by Crippen LogP contribution is -2.63. The molecule has 1 unspecified atom stereocenters. The van der Waals surface area contributed by atoms with Gasteiger partial charge in [0.15, 0.2) is 0 Å². The maximum absolute atomic E-state index is 13.8. The second-order valence-corrected chi connectivity index (χ2v) is 10.4. The summed E-state index contributed by atoms with van der Waals surface area (Å²) in [7, 11) is 0. The standard InChI is InChI=1S/C27H25ClN4O2S/c1-18-5-3-6-20(13-18)15-29-26(34)27(2)17-32-23(14-22(30-32)24-7-4-12-35-24)25(33)31(27)16-19-8-10-21(28)11-9-19/h3-14H,15-17H2,1-2H3,(H,29,34). The van der Waals surface area contributed by atoms with Crippen molar-refractivity contribution in [2.75, 3.05) is 0 Å². The van der Waals surface area contributed by atoms with Crippen LogP contribution in [0.2, 0.25) is 5.02 Å². The van der Waals surface area contributed by atoms with E-state index in [2.05, 4.69) is 10.4 Å². The molecule has 5 rings (SSSR count). The van der Waals surface area contributed by atoms with Gasteiger partial charge in [-0.1, -0.05) is 59.6 Å². The number of halogens is 1. The molecule has 1 aliphatic heterocycles. The second-order valence-electron chi connectivity index (χ2n) is 9.01. The molecule has 0 spiro atoms. The molecule has 8 heteroatoms. The van der Waals surface area contributed by atoms with E-state index in [1.54, 1.807) is 33.1 Å². The minimum Gasteiger partial charge on any atom is -0.350 e. The van der Waals surface area contributed by atoms with Crippen molar-refractivity contribution in [1.29, 1.82) is 0 Å². The number of nitrogens with zero attached hydrogens (tertiary/aromatic N) is 3. The van der Waals surface area contributed by atoms with Gasteiger partial charge in [0.25, 0.3) is 5.91 Å². The number of thiophene rings is 1. The van der Waals surface area contributed by atoms with E-state index in [0.717, 1.165) is 27.3 Å². The summed E-state index contributed by atoms with van der Waals surface area (Å²) in [5.41, 5.74) is 3.11. The molecule has 4 aromatic rings. The van der Waals surface area contributed by atoms with Crippen molar-refractivity contribution in [2.24, 2.45) is 0 Å². The van der Waals surface area contributed by atoms with Crippen LogP contribution in [-0.4, -0.2) is 32.0 Å². The van der Waals surface area contributed by atoms with Gasteiger partial charge < -0.3 is 10.2 Å². The molecule has 2 aromatic heterocycles. The van der Waals surface area contributed by atoms with E-state index in [1.165, 1.54) is 0 Å². The van der Waals surface area contributed by atoms with Crippen LogP contribution in [0.4, 0.5) is 0 Å². The van der Waals surface area contributed by atoms with Crippen molar-refractivity contribution >= 4 is 34.8 Å². The summed E-state index contributed by atoms with van der Waals surface area (Å²) in [4.78, 5) is 30.1. The maximum atomic E-state index is 13.8. The van der Waals surface area contributed by atoms with Crippen molar-refractivity contribution in [2.45, 2.75) is 39.0 Å². The summed E-state index contributed by atoms with van der Waals surface area (Å²) in [6, 6.07) is 21.1. The zero-order valence-corrected chi connectivity index (χ0v) is 21.1. The van der Waals surface area contributed by atoms with Crippen LogP contribution in [0, 0.1) is 6.92 Å². The summed E-state index contributed by atoms with van der Waals surface area (Å²) in [6.45, 7) is 4.74. The van der Waals surface area contributed by atoms with Crippen LogP contribution in [0.1, 0.15) is 34.1 Å². The van der Waals surface area contributed by atoms with Crippen LogP contribution in [0.15, 0.2) is 72.1 Å². The number of hydrogen-bond acceptors (Lipinski definition) is 4. The van der Waals surface area contributed by atoms with Gasteiger partial charge in [-0.2, -0.15) is 5.10 Å². The van der Waals surface area contributed by atoms with E-state index < -0.39 is 5.54 Å². The van der Waals surface area contributed by atoms with Gasteiger partial charge in [0, 0.05) is 18.1 Å². The van der Waals surface area contributed by atoms with E-state index in [4.69, 9.17) is 11.6 Å². The third-order valence-corrected chi connectivity index (χ3v) is 7.49. The normalized spacial score (nSPS) is 17.3. The molecule has 0 radical (unpaired) electrons. The van der Waals surface area contributed by atoms with Crippen molar-refractivity contribution in [3.8, 4) is 10.6 Å². The van der Waals surface area contributed by atoms with Gasteiger partial charge in [-0.05, 0) is 54.6 Å². The number of aryl methyl sites for hydroxylation is 1. The van der Waals surface area contributed by atoms with Gasteiger partial charge >= 0.3 is 0 Å². The summed E-state index contributed by atoms with van der Waals surface area (Å²) >= 11 is 7.63. The molecule has 35 heavy (non-hydrogen) atoms. The predicted octanol–water partition coefficient (Wildman–Crippen LogP) is 5.30. The highest BCUT2D eigenvalue weighted by molar-refractivity contribution is 7.13. The fraction of sp³-hybridized carbons (Fsp3) is 0.222. The topological polar surface area (TPSA) is 67.2 Å². The molecule has 1 N–H and O–H groups in total. The van der Waals surface area contributed by atoms with Crippen molar-refractivity contribution in [3.63, 3.8) is 0 Å². The molecular formula is C27H25ClN4O2S. The van der Waals surface area contributed by atoms with Crippen molar-refractivity contribution in [3.05, 3.63) is 99.5 Å². The third kappa shape index (κ3) is 4.61. The highest BCUT2D eigenvalue weighted by Gasteiger charge is 2.48. The average Bonchev–Trinajstić information content (AvgIpc) is 3.51. The van der Waals surface area contributed by atoms with Crippen LogP contribution < -0.4 is 5.32 Å². The van der Waals surface area contributed by atoms with E-state index in [9.17, 15) is 9.59 Å². The molecule has 178 valence electrons. The monoisotopic (exact) mass is 504 g/mol. The van der Waals surface area contributed by atoms with Gasteiger partial charge in [-0.25, -0.2) is 0 Å². The Morgan fingerprint density at radius 3 is 2.63 bits per heavy atom. The van der Waals surface area contributed by atoms with Gasteiger partial charge in [0.1, 0.15) is 16.9 Å². The summed E-state index contributed by atoms with van der Waals surface area (Å²) in [5, 5.41) is 10.3. The summed E-state index contributed by atoms with van der Waals surface area (Å²) in [5.74, 6) is -0.449. The SMILES string of the molecule is Cc1cccc(CNC(=O)C2(C)Cn3nc(-c4cccs4)cc3C(=O)N2Cc2ccc(Cl)cc2)c1. The lowest BCUT2D eigenvalue weighted by Gasteiger charge is -2.43. The predicted molar refractivity (Wildman–Crippen MR) is 138 cm³/mol. The maximum Gasteiger partial charge on any atom is 0.273 e. The number of carbonyl (C=O) groups is 2. The molecule has 0 fully saturated rings. The van der Waals surface area contributed by atoms with Gasteiger partial charge in [-0.3, -0.25) is 14.3 Å². The Kier molecular flexibility index (Phi) is 6.21. The van der Waals surface area contributed by atoms with E-state index >= 15 is 0 Å². The molecule has 1 atom stereocenters. The molecular weight excluding hydrogens is 480 g/mol. The van der Waals surface area contributed by atoms with Crippen LogP contribution in [0.5, 0.6) is 0 Å². The average molecular weight is 505 g/mol. The molecule has 6 nitrogen and oxygen atoms in total. The van der Waals surface area contributed by atoms with Crippen molar-refractivity contribution in [1.82, 2.24) is 20.0 Å². The molecule has 0 saturated carbocycles. The number of benzene rings is 2. The molecule has 3 heterocycles. The van der Waals surface area contributed by atoms with Crippen LogP contribution >= 0.6 is 22.9 Å². The Bertz CT molecular complexity index is 1380. The minimum absolute atomic E-state index is 0.222. The fourth-order valence-electron chi connectivity index (χ4n) is 4.40. The Morgan fingerprint density at radius 1 is 1.11 bits per heavy atom. The lowest BCUT2D eigenvalue weighted by molar-refractivity contribution is -0.133. The van der Waals surface area contributed by atoms with Crippen molar-refractivity contribution < 1.29 is 9.59 Å². The first-order valence-electron chi connectivity index (χ1n) is 11.4. The Balaban J connectivity index is 1.48. The number of fused-ring (bicyclic) bond motifs is 1. The fourth-order valence-corrected chi connectivity index (χ4v) is 5.21. The lowest BCUT2D eigenvalue weighted by atomic mass is 9.94. The van der Waals surface area contributed by atoms with Crippen LogP contribution in [0.3, 0.4) is 0 Å². The quantitative estimate of drug-likeness (QED) is 0.387. The zero-order valence-electron chi connectivity index (χ0n) is 19.5. The Morgan fingerprint density at radius 2 is 1.91 bits per heavy atom. The highest BCUT2D eigenvalue weighted by Crippen LogP contribution is 2.32. The Labute approximate surface area is 213 Å². The molecule has 2 aromatic carbocycles. The van der Waals surface area contributed by atoms with E-state index in [-0.39, 0.29) is 24.9 Å². The zero-order chi connectivity index (χ0) is 24.6. The van der Waals surface area contributed by atoms with Crippen LogP contribution in [0.25, 0.3) is 10.6 Å². The third-order valence-electron chi connectivity index (χ3n) is 6.35. The largest absolute Gasteiger partial charge is 0.350 e. The van der Waals surface area contributed by atoms with Gasteiger partial charge in [0.05, 0.1) is 11.4 Å². The number of aromatic nitrogens is 2. The number of hydrogen-bond donors (Lipinski definition) is 1. The Hall–Kier alpha value is -3.42. The first kappa shape index (κ1) is 23.3. The number of rotatable bonds is 6. The summed E-state index contributed by atoms with van der Waals surface area (Å²) < 4.78 is 1.67. The second kappa shape index (κ2) is 9.32. The van der Waals surface area contributed by atoms with E-state index in [1.807, 2.05) is 73.8 Å². The number of carbonyl (C=O) groups excluding carboxylic acids is 2. The molecule has 1 aliphatic rings. The molecule has 2 amide bonds. The highest BCUT2D eigenvalue weighted by atomic mass is 35.5. The smallest absolute Gasteiger partial charge is 0.273 e. The molecule has 0 aliphatic carbocycles. The van der Waals surface area contributed by atoms with Crippen LogP contribution in [-0.2, 0) is 24.4 Å².